The molecule has 1 rings (SSSR count). The van der Waals surface area contributed by atoms with E-state index in [2.05, 4.69) is 31.9 Å². The van der Waals surface area contributed by atoms with E-state index in [4.69, 9.17) is 5.11 Å². The van der Waals surface area contributed by atoms with Gasteiger partial charge in [-0.1, -0.05) is 13.2 Å². The first-order valence-electron chi connectivity index (χ1n) is 4.59. The van der Waals surface area contributed by atoms with Crippen LogP contribution < -0.4 is 0 Å². The molecule has 1 N–H and O–H groups in total. The molecule has 1 heterocycles. The molecule has 0 aliphatic carbocycles. The molecule has 0 saturated carbocycles. The Balaban J connectivity index is 2.69. The first kappa shape index (κ1) is 10.1. The van der Waals surface area contributed by atoms with Crippen molar-refractivity contribution < 1.29 is 5.11 Å². The summed E-state index contributed by atoms with van der Waals surface area (Å²) < 4.78 is 0. The zero-order valence-corrected chi connectivity index (χ0v) is 8.45. The summed E-state index contributed by atoms with van der Waals surface area (Å²) in [6.45, 7) is 13.8. The summed E-state index contributed by atoms with van der Waals surface area (Å²) in [6, 6.07) is 0.438. The molecule has 0 atom stereocenters. The summed E-state index contributed by atoms with van der Waals surface area (Å²) in [5.74, 6) is 0.953. The molecule has 1 fully saturated rings. The number of rotatable bonds is 3. The minimum atomic E-state index is 0.143. The fourth-order valence-corrected chi connectivity index (χ4v) is 1.58. The van der Waals surface area contributed by atoms with Gasteiger partial charge in [-0.2, -0.15) is 0 Å². The van der Waals surface area contributed by atoms with Crippen LogP contribution in [0.25, 0.3) is 0 Å². The second kappa shape index (κ2) is 3.83. The van der Waals surface area contributed by atoms with E-state index in [0.717, 1.165) is 18.1 Å². The molecule has 0 aromatic carbocycles. The first-order chi connectivity index (χ1) is 6.07. The van der Waals surface area contributed by atoms with E-state index < -0.39 is 0 Å². The van der Waals surface area contributed by atoms with Crippen molar-refractivity contribution in [2.45, 2.75) is 19.9 Å². The highest BCUT2D eigenvalue weighted by Crippen LogP contribution is 2.25. The van der Waals surface area contributed by atoms with Gasteiger partial charge in [0.25, 0.3) is 0 Å². The van der Waals surface area contributed by atoms with Gasteiger partial charge in [-0.25, -0.2) is 0 Å². The van der Waals surface area contributed by atoms with Crippen LogP contribution in [0.1, 0.15) is 13.8 Å². The summed E-state index contributed by atoms with van der Waals surface area (Å²) in [5, 5.41) is 8.84. The number of hydrogen-bond acceptors (Lipinski definition) is 3. The Morgan fingerprint density at radius 3 is 2.46 bits per heavy atom. The summed E-state index contributed by atoms with van der Waals surface area (Å²) in [7, 11) is 0. The molecule has 3 nitrogen and oxygen atoms in total. The van der Waals surface area contributed by atoms with Gasteiger partial charge in [0.1, 0.15) is 5.82 Å². The minimum Gasteiger partial charge on any atom is -0.395 e. The zero-order chi connectivity index (χ0) is 10.0. The Hall–Kier alpha value is -0.960. The highest BCUT2D eigenvalue weighted by atomic mass is 16.3. The highest BCUT2D eigenvalue weighted by molar-refractivity contribution is 5.17. The van der Waals surface area contributed by atoms with Crippen LogP contribution in [0.2, 0.25) is 0 Å². The lowest BCUT2D eigenvalue weighted by Crippen LogP contribution is -2.29. The van der Waals surface area contributed by atoms with Crippen LogP contribution in [-0.4, -0.2) is 40.6 Å². The van der Waals surface area contributed by atoms with Gasteiger partial charge in [0.15, 0.2) is 0 Å². The lowest BCUT2D eigenvalue weighted by Gasteiger charge is -2.25. The summed E-state index contributed by atoms with van der Waals surface area (Å²) in [5.41, 5.74) is 1.02. The second-order valence-corrected chi connectivity index (χ2v) is 3.58. The van der Waals surface area contributed by atoms with Gasteiger partial charge < -0.3 is 14.9 Å². The number of hydrogen-bond donors (Lipinski definition) is 1. The van der Waals surface area contributed by atoms with Crippen molar-refractivity contribution in [3.05, 3.63) is 24.7 Å². The average molecular weight is 182 g/mol. The van der Waals surface area contributed by atoms with E-state index in [1.54, 1.807) is 0 Å². The monoisotopic (exact) mass is 182 g/mol. The summed E-state index contributed by atoms with van der Waals surface area (Å²) in [4.78, 5) is 4.15. The smallest absolute Gasteiger partial charge is 0.101 e. The largest absolute Gasteiger partial charge is 0.395 e. The Morgan fingerprint density at radius 2 is 2.08 bits per heavy atom. The molecule has 0 unspecified atom stereocenters. The van der Waals surface area contributed by atoms with Crippen molar-refractivity contribution in [1.29, 1.82) is 0 Å². The molecule has 1 saturated heterocycles. The van der Waals surface area contributed by atoms with Crippen molar-refractivity contribution in [3.63, 3.8) is 0 Å². The quantitative estimate of drug-likeness (QED) is 0.705. The Kier molecular flexibility index (Phi) is 2.98. The third-order valence-electron chi connectivity index (χ3n) is 2.32. The Morgan fingerprint density at radius 1 is 1.46 bits per heavy atom. The van der Waals surface area contributed by atoms with Crippen molar-refractivity contribution in [3.8, 4) is 0 Å². The molecule has 0 radical (unpaired) electrons. The molecule has 0 aromatic heterocycles. The molecule has 74 valence electrons. The maximum atomic E-state index is 8.84. The fourth-order valence-electron chi connectivity index (χ4n) is 1.58. The molecule has 0 bridgehead atoms. The van der Waals surface area contributed by atoms with Crippen LogP contribution in [0, 0.1) is 0 Å². The van der Waals surface area contributed by atoms with Crippen molar-refractivity contribution >= 4 is 0 Å². The van der Waals surface area contributed by atoms with Crippen molar-refractivity contribution in [2.24, 2.45) is 0 Å². The standard InChI is InChI=1S/C10H18N2O/c1-8(2)12-7-9(3)11(5-6-13)10(12)4/h8,13H,3-7H2,1-2H3. The molecular weight excluding hydrogens is 164 g/mol. The van der Waals surface area contributed by atoms with E-state index in [0.29, 0.717) is 12.6 Å². The normalized spacial score (nSPS) is 17.8. The predicted molar refractivity (Wildman–Crippen MR) is 53.9 cm³/mol. The van der Waals surface area contributed by atoms with E-state index >= 15 is 0 Å². The Labute approximate surface area is 80.0 Å². The van der Waals surface area contributed by atoms with Gasteiger partial charge in [-0.3, -0.25) is 0 Å². The number of β-amino-alcohol motifs (C(OH)–C–C–N with tert-alkyl or cyclic N) is 1. The Bertz CT molecular complexity index is 223. The predicted octanol–water partition coefficient (Wildman–Crippen LogP) is 0.990. The van der Waals surface area contributed by atoms with Gasteiger partial charge >= 0.3 is 0 Å². The summed E-state index contributed by atoms with van der Waals surface area (Å²) in [6.07, 6.45) is 0. The fraction of sp³-hybridized carbons (Fsp3) is 0.600. The molecule has 1 aliphatic heterocycles. The lowest BCUT2D eigenvalue weighted by atomic mass is 10.3. The average Bonchev–Trinajstić information content (AvgIpc) is 2.32. The van der Waals surface area contributed by atoms with Crippen LogP contribution in [0.4, 0.5) is 0 Å². The van der Waals surface area contributed by atoms with E-state index in [-0.39, 0.29) is 6.61 Å². The van der Waals surface area contributed by atoms with Gasteiger partial charge in [0, 0.05) is 18.3 Å². The topological polar surface area (TPSA) is 26.7 Å². The third-order valence-corrected chi connectivity index (χ3v) is 2.32. The molecule has 0 amide bonds. The first-order valence-corrected chi connectivity index (χ1v) is 4.59. The van der Waals surface area contributed by atoms with Crippen LogP contribution in [0.5, 0.6) is 0 Å². The minimum absolute atomic E-state index is 0.143. The second-order valence-electron chi connectivity index (χ2n) is 3.58. The van der Waals surface area contributed by atoms with E-state index in [1.165, 1.54) is 0 Å². The number of nitrogens with zero attached hydrogens (tertiary/aromatic N) is 2. The lowest BCUT2D eigenvalue weighted by molar-refractivity contribution is 0.236. The summed E-state index contributed by atoms with van der Waals surface area (Å²) >= 11 is 0. The number of aliphatic hydroxyl groups is 1. The number of aliphatic hydroxyl groups excluding tert-OH is 1. The zero-order valence-electron chi connectivity index (χ0n) is 8.45. The van der Waals surface area contributed by atoms with Crippen LogP contribution in [0.3, 0.4) is 0 Å². The molecule has 0 aromatic rings. The molecule has 0 spiro atoms. The maximum Gasteiger partial charge on any atom is 0.101 e. The van der Waals surface area contributed by atoms with Crippen LogP contribution in [0.15, 0.2) is 24.7 Å². The van der Waals surface area contributed by atoms with Gasteiger partial charge in [-0.05, 0) is 13.8 Å². The molecular formula is C10H18N2O. The van der Waals surface area contributed by atoms with Gasteiger partial charge in [0.05, 0.1) is 13.2 Å². The SMILES string of the molecule is C=C1CN(C(C)C)C(=C)N1CCO. The van der Waals surface area contributed by atoms with Crippen LogP contribution >= 0.6 is 0 Å². The maximum absolute atomic E-state index is 8.84. The van der Waals surface area contributed by atoms with Crippen molar-refractivity contribution in [1.82, 2.24) is 9.80 Å². The van der Waals surface area contributed by atoms with E-state index in [1.807, 2.05) is 4.90 Å². The molecule has 1 aliphatic rings. The highest BCUT2D eigenvalue weighted by Gasteiger charge is 2.27. The van der Waals surface area contributed by atoms with Gasteiger partial charge in [-0.15, -0.1) is 0 Å². The third kappa shape index (κ3) is 1.86. The van der Waals surface area contributed by atoms with E-state index in [9.17, 15) is 0 Å². The molecule has 3 heteroatoms. The van der Waals surface area contributed by atoms with Crippen LogP contribution in [-0.2, 0) is 0 Å². The van der Waals surface area contributed by atoms with Crippen molar-refractivity contribution in [2.75, 3.05) is 19.7 Å². The molecule has 13 heavy (non-hydrogen) atoms. The van der Waals surface area contributed by atoms with Gasteiger partial charge in [0.2, 0.25) is 0 Å².